The fourth-order valence-corrected chi connectivity index (χ4v) is 1.49. The summed E-state index contributed by atoms with van der Waals surface area (Å²) >= 11 is 5.90. The number of halogens is 1. The fraction of sp³-hybridized carbons (Fsp3) is 0.214. The first-order chi connectivity index (χ1) is 9.04. The molecule has 1 aromatic rings. The molecule has 0 heterocycles. The molecular formula is C14H13ClO4. The van der Waals surface area contributed by atoms with E-state index in [1.165, 1.54) is 12.2 Å². The number of hydrogen-bond acceptors (Lipinski definition) is 4. The molecule has 5 heteroatoms. The highest BCUT2D eigenvalue weighted by molar-refractivity contribution is 6.38. The molecule has 0 aromatic heterocycles. The van der Waals surface area contributed by atoms with Gasteiger partial charge in [-0.3, -0.25) is 9.59 Å². The van der Waals surface area contributed by atoms with Crippen LogP contribution in [0.3, 0.4) is 0 Å². The number of Topliss-reactive ketones (excluding diaryl/α,β-unsaturated/α-hetero) is 1. The van der Waals surface area contributed by atoms with Gasteiger partial charge < -0.3 is 4.74 Å². The van der Waals surface area contributed by atoms with Crippen LogP contribution in [0.1, 0.15) is 18.9 Å². The van der Waals surface area contributed by atoms with Crippen molar-refractivity contribution < 1.29 is 19.1 Å². The van der Waals surface area contributed by atoms with Gasteiger partial charge in [-0.25, -0.2) is 4.79 Å². The highest BCUT2D eigenvalue weighted by Crippen LogP contribution is 2.16. The molecule has 0 aliphatic heterocycles. The lowest BCUT2D eigenvalue weighted by Crippen LogP contribution is -2.19. The summed E-state index contributed by atoms with van der Waals surface area (Å²) in [6.45, 7) is 1.69. The minimum Gasteiger partial charge on any atom is -0.460 e. The Labute approximate surface area is 116 Å². The normalized spacial score (nSPS) is 10.4. The quantitative estimate of drug-likeness (QED) is 0.347. The van der Waals surface area contributed by atoms with Crippen LogP contribution in [0.2, 0.25) is 5.02 Å². The Bertz CT molecular complexity index is 520. The van der Waals surface area contributed by atoms with Crippen LogP contribution in [0.15, 0.2) is 30.3 Å². The van der Waals surface area contributed by atoms with Crippen molar-refractivity contribution in [2.75, 3.05) is 6.61 Å². The third kappa shape index (κ3) is 5.06. The summed E-state index contributed by atoms with van der Waals surface area (Å²) < 4.78 is 4.50. The number of hydrogen-bond donors (Lipinski definition) is 0. The van der Waals surface area contributed by atoms with Crippen molar-refractivity contribution in [2.45, 2.75) is 13.3 Å². The maximum atomic E-state index is 11.5. The lowest BCUT2D eigenvalue weighted by molar-refractivity contribution is -0.154. The van der Waals surface area contributed by atoms with Crippen LogP contribution in [-0.4, -0.2) is 24.1 Å². The number of benzene rings is 1. The van der Waals surface area contributed by atoms with Gasteiger partial charge in [0.1, 0.15) is 0 Å². The van der Waals surface area contributed by atoms with Gasteiger partial charge >= 0.3 is 5.97 Å². The van der Waals surface area contributed by atoms with E-state index in [4.69, 9.17) is 11.6 Å². The Kier molecular flexibility index (Phi) is 5.96. The molecule has 0 amide bonds. The zero-order valence-electron chi connectivity index (χ0n) is 10.4. The topological polar surface area (TPSA) is 60.4 Å². The first-order valence-corrected chi connectivity index (χ1v) is 6.07. The lowest BCUT2D eigenvalue weighted by Gasteiger charge is -1.99. The van der Waals surface area contributed by atoms with Crippen LogP contribution >= 0.6 is 11.6 Å². The zero-order chi connectivity index (χ0) is 14.3. The molecule has 100 valence electrons. The van der Waals surface area contributed by atoms with E-state index in [0.717, 1.165) is 0 Å². The summed E-state index contributed by atoms with van der Waals surface area (Å²) in [6, 6.07) is 6.97. The maximum Gasteiger partial charge on any atom is 0.375 e. The van der Waals surface area contributed by atoms with Crippen molar-refractivity contribution in [1.82, 2.24) is 0 Å². The van der Waals surface area contributed by atoms with Crippen molar-refractivity contribution in [1.29, 1.82) is 0 Å². The molecule has 0 unspecified atom stereocenters. The number of carbonyl (C=O) groups is 3. The van der Waals surface area contributed by atoms with Gasteiger partial charge in [-0.1, -0.05) is 29.8 Å². The number of allylic oxidation sites excluding steroid dienone is 1. The third-order valence-electron chi connectivity index (χ3n) is 2.19. The van der Waals surface area contributed by atoms with Gasteiger partial charge in [-0.2, -0.15) is 0 Å². The predicted molar refractivity (Wildman–Crippen MR) is 71.8 cm³/mol. The average molecular weight is 281 g/mol. The Morgan fingerprint density at radius 1 is 1.26 bits per heavy atom. The number of rotatable bonds is 6. The summed E-state index contributed by atoms with van der Waals surface area (Å²) in [5.74, 6) is -2.31. The molecule has 0 fully saturated rings. The van der Waals surface area contributed by atoms with Crippen LogP contribution in [0.25, 0.3) is 6.08 Å². The van der Waals surface area contributed by atoms with Gasteiger partial charge in [-0.15, -0.1) is 0 Å². The molecule has 0 saturated carbocycles. The maximum absolute atomic E-state index is 11.5. The highest BCUT2D eigenvalue weighted by atomic mass is 35.5. The fourth-order valence-electron chi connectivity index (χ4n) is 1.29. The van der Waals surface area contributed by atoms with E-state index in [-0.39, 0.29) is 6.61 Å². The van der Waals surface area contributed by atoms with Crippen LogP contribution in [0, 0.1) is 0 Å². The lowest BCUT2D eigenvalue weighted by atomic mass is 10.1. The van der Waals surface area contributed by atoms with Crippen LogP contribution in [-0.2, 0) is 19.1 Å². The molecule has 0 spiro atoms. The molecule has 0 bridgehead atoms. The molecule has 0 N–H and O–H groups in total. The summed E-state index contributed by atoms with van der Waals surface area (Å²) in [7, 11) is 0. The molecule has 0 radical (unpaired) electrons. The Hall–Kier alpha value is -1.94. The Morgan fingerprint density at radius 3 is 2.58 bits per heavy atom. The van der Waals surface area contributed by atoms with Gasteiger partial charge in [0.25, 0.3) is 0 Å². The number of esters is 1. The Balaban J connectivity index is 2.59. The van der Waals surface area contributed by atoms with E-state index in [0.29, 0.717) is 10.6 Å². The molecule has 4 nitrogen and oxygen atoms in total. The summed E-state index contributed by atoms with van der Waals surface area (Å²) in [4.78, 5) is 33.8. The van der Waals surface area contributed by atoms with E-state index in [1.807, 2.05) is 0 Å². The molecular weight excluding hydrogens is 268 g/mol. The average Bonchev–Trinajstić information content (AvgIpc) is 2.38. The molecule has 0 atom stereocenters. The molecule has 1 aromatic carbocycles. The van der Waals surface area contributed by atoms with Crippen molar-refractivity contribution in [3.05, 3.63) is 40.9 Å². The van der Waals surface area contributed by atoms with E-state index < -0.39 is 24.0 Å². The van der Waals surface area contributed by atoms with Crippen LogP contribution in [0.5, 0.6) is 0 Å². The second-order valence-electron chi connectivity index (χ2n) is 3.64. The van der Waals surface area contributed by atoms with E-state index in [1.54, 1.807) is 31.2 Å². The summed E-state index contributed by atoms with van der Waals surface area (Å²) in [5, 5.41) is 0.503. The van der Waals surface area contributed by atoms with Crippen molar-refractivity contribution in [2.24, 2.45) is 0 Å². The smallest absolute Gasteiger partial charge is 0.375 e. The van der Waals surface area contributed by atoms with Gasteiger partial charge in [0.15, 0.2) is 5.78 Å². The van der Waals surface area contributed by atoms with Crippen molar-refractivity contribution in [3.63, 3.8) is 0 Å². The van der Waals surface area contributed by atoms with E-state index in [2.05, 4.69) is 4.74 Å². The second kappa shape index (κ2) is 7.48. The van der Waals surface area contributed by atoms with Gasteiger partial charge in [0.2, 0.25) is 5.78 Å². The molecule has 0 aliphatic rings. The zero-order valence-corrected chi connectivity index (χ0v) is 11.1. The molecule has 1 rings (SSSR count). The second-order valence-corrected chi connectivity index (χ2v) is 4.05. The number of ether oxygens (including phenoxy) is 1. The predicted octanol–water partition coefficient (Wildman–Crippen LogP) is 2.44. The largest absolute Gasteiger partial charge is 0.460 e. The monoisotopic (exact) mass is 280 g/mol. The van der Waals surface area contributed by atoms with Gasteiger partial charge in [-0.05, 0) is 30.7 Å². The van der Waals surface area contributed by atoms with E-state index >= 15 is 0 Å². The molecule has 0 saturated heterocycles. The highest BCUT2D eigenvalue weighted by Gasteiger charge is 2.17. The summed E-state index contributed by atoms with van der Waals surface area (Å²) in [6.07, 6.45) is 2.22. The van der Waals surface area contributed by atoms with Crippen molar-refractivity contribution >= 4 is 35.2 Å². The van der Waals surface area contributed by atoms with E-state index in [9.17, 15) is 14.4 Å². The SMILES string of the molecule is CCOC(=O)C(=O)CC(=O)/C=C/c1ccccc1Cl. The van der Waals surface area contributed by atoms with Crippen molar-refractivity contribution in [3.8, 4) is 0 Å². The minimum absolute atomic E-state index is 0.105. The first kappa shape index (κ1) is 15.1. The van der Waals surface area contributed by atoms with Crippen LogP contribution < -0.4 is 0 Å². The van der Waals surface area contributed by atoms with Gasteiger partial charge in [0, 0.05) is 5.02 Å². The summed E-state index contributed by atoms with van der Waals surface area (Å²) in [5.41, 5.74) is 0.668. The Morgan fingerprint density at radius 2 is 1.95 bits per heavy atom. The third-order valence-corrected chi connectivity index (χ3v) is 2.54. The van der Waals surface area contributed by atoms with Gasteiger partial charge in [0.05, 0.1) is 13.0 Å². The number of carbonyl (C=O) groups excluding carboxylic acids is 3. The van der Waals surface area contributed by atoms with Crippen LogP contribution in [0.4, 0.5) is 0 Å². The number of ketones is 2. The first-order valence-electron chi connectivity index (χ1n) is 5.70. The molecule has 0 aliphatic carbocycles. The standard InChI is InChI=1S/C14H13ClO4/c1-2-19-14(18)13(17)9-11(16)8-7-10-5-3-4-6-12(10)15/h3-8H,2,9H2,1H3/b8-7+. The minimum atomic E-state index is -0.984. The molecule has 19 heavy (non-hydrogen) atoms.